The molecule has 0 bridgehead atoms. The van der Waals surface area contributed by atoms with Crippen LogP contribution < -0.4 is 0 Å². The van der Waals surface area contributed by atoms with Gasteiger partial charge in [-0.1, -0.05) is 12.1 Å². The molecular weight excluding hydrogens is 277 g/mol. The van der Waals surface area contributed by atoms with Gasteiger partial charge in [0.1, 0.15) is 17.2 Å². The Morgan fingerprint density at radius 1 is 1.30 bits per heavy atom. The Balaban J connectivity index is 2.36. The third-order valence-electron chi connectivity index (χ3n) is 3.26. The zero-order valence-electron chi connectivity index (χ0n) is 11.0. The van der Waals surface area contributed by atoms with Crippen LogP contribution in [0.25, 0.3) is 16.7 Å². The van der Waals surface area contributed by atoms with E-state index >= 15 is 0 Å². The van der Waals surface area contributed by atoms with Crippen molar-refractivity contribution in [1.82, 2.24) is 14.5 Å². The molecule has 102 valence electrons. The molecule has 0 aliphatic heterocycles. The van der Waals surface area contributed by atoms with E-state index in [-0.39, 0.29) is 5.82 Å². The molecule has 0 atom stereocenters. The fraction of sp³-hybridized carbons (Fsp3) is 0.200. The summed E-state index contributed by atoms with van der Waals surface area (Å²) in [4.78, 5) is 8.57. The predicted octanol–water partition coefficient (Wildman–Crippen LogP) is 3.65. The first-order valence-corrected chi connectivity index (χ1v) is 6.88. The van der Waals surface area contributed by atoms with Crippen molar-refractivity contribution >= 4 is 22.6 Å². The van der Waals surface area contributed by atoms with Crippen LogP contribution >= 0.6 is 11.6 Å². The van der Waals surface area contributed by atoms with E-state index in [4.69, 9.17) is 11.6 Å². The van der Waals surface area contributed by atoms with Gasteiger partial charge in [0.2, 0.25) is 0 Å². The molecule has 0 aliphatic carbocycles. The summed E-state index contributed by atoms with van der Waals surface area (Å²) < 4.78 is 16.1. The number of rotatable bonds is 3. The van der Waals surface area contributed by atoms with E-state index in [9.17, 15) is 4.39 Å². The van der Waals surface area contributed by atoms with Crippen molar-refractivity contribution in [1.29, 1.82) is 0 Å². The van der Waals surface area contributed by atoms with Gasteiger partial charge in [-0.2, -0.15) is 0 Å². The lowest BCUT2D eigenvalue weighted by atomic mass is 10.2. The monoisotopic (exact) mass is 289 g/mol. The molecule has 0 fully saturated rings. The van der Waals surface area contributed by atoms with Crippen LogP contribution in [0.2, 0.25) is 0 Å². The average molecular weight is 290 g/mol. The number of para-hydroxylation sites is 1. The van der Waals surface area contributed by atoms with Gasteiger partial charge in [0, 0.05) is 18.5 Å². The largest absolute Gasteiger partial charge is 0.293 e. The molecule has 3 nitrogen and oxygen atoms in total. The Kier molecular flexibility index (Phi) is 3.40. The fourth-order valence-electron chi connectivity index (χ4n) is 2.39. The van der Waals surface area contributed by atoms with Crippen molar-refractivity contribution in [3.63, 3.8) is 0 Å². The van der Waals surface area contributed by atoms with Gasteiger partial charge in [-0.25, -0.2) is 9.37 Å². The highest BCUT2D eigenvalue weighted by atomic mass is 35.5. The van der Waals surface area contributed by atoms with E-state index < -0.39 is 0 Å². The minimum atomic E-state index is -0.267. The van der Waals surface area contributed by atoms with Crippen LogP contribution in [0.5, 0.6) is 0 Å². The quantitative estimate of drug-likeness (QED) is 0.689. The number of pyridine rings is 1. The Morgan fingerprint density at radius 2 is 2.15 bits per heavy atom. The number of hydrogen-bond donors (Lipinski definition) is 0. The number of nitrogens with zero attached hydrogens (tertiary/aromatic N) is 3. The van der Waals surface area contributed by atoms with Crippen molar-refractivity contribution in [2.24, 2.45) is 0 Å². The standard InChI is InChI=1S/C15H13ClFN3/c1-10-3-2-4-11(17)15(10)20-13-6-8-18-9-12(13)19-14(20)5-7-16/h2-4,6,8-9H,5,7H2,1H3. The summed E-state index contributed by atoms with van der Waals surface area (Å²) in [5.74, 6) is 0.915. The normalized spacial score (nSPS) is 11.2. The van der Waals surface area contributed by atoms with Gasteiger partial charge in [-0.3, -0.25) is 9.55 Å². The maximum Gasteiger partial charge on any atom is 0.147 e. The second kappa shape index (κ2) is 5.21. The lowest BCUT2D eigenvalue weighted by Crippen LogP contribution is -2.06. The van der Waals surface area contributed by atoms with Crippen LogP contribution in [0, 0.1) is 12.7 Å². The Labute approximate surface area is 121 Å². The summed E-state index contributed by atoms with van der Waals surface area (Å²) in [5.41, 5.74) is 2.97. The third-order valence-corrected chi connectivity index (χ3v) is 3.45. The van der Waals surface area contributed by atoms with Crippen molar-refractivity contribution in [2.45, 2.75) is 13.3 Å². The van der Waals surface area contributed by atoms with Crippen LogP contribution in [-0.4, -0.2) is 20.4 Å². The minimum absolute atomic E-state index is 0.267. The molecule has 0 N–H and O–H groups in total. The maximum absolute atomic E-state index is 14.3. The number of aryl methyl sites for hydroxylation is 2. The van der Waals surface area contributed by atoms with Crippen molar-refractivity contribution in [2.75, 3.05) is 5.88 Å². The molecule has 5 heteroatoms. The first kappa shape index (κ1) is 13.1. The Morgan fingerprint density at radius 3 is 2.90 bits per heavy atom. The molecule has 2 aromatic heterocycles. The lowest BCUT2D eigenvalue weighted by Gasteiger charge is -2.12. The summed E-state index contributed by atoms with van der Waals surface area (Å²) in [6, 6.07) is 6.89. The van der Waals surface area contributed by atoms with Crippen molar-refractivity contribution in [3.8, 4) is 5.69 Å². The number of benzene rings is 1. The molecule has 0 unspecified atom stereocenters. The molecule has 1 aromatic carbocycles. The van der Waals surface area contributed by atoms with Crippen LogP contribution in [0.3, 0.4) is 0 Å². The molecule has 0 saturated carbocycles. The molecule has 2 heterocycles. The zero-order chi connectivity index (χ0) is 14.1. The highest BCUT2D eigenvalue weighted by Gasteiger charge is 2.16. The van der Waals surface area contributed by atoms with E-state index in [1.807, 2.05) is 23.6 Å². The number of hydrogen-bond acceptors (Lipinski definition) is 2. The molecule has 0 saturated heterocycles. The van der Waals surface area contributed by atoms with Crippen LogP contribution in [-0.2, 0) is 6.42 Å². The van der Waals surface area contributed by atoms with E-state index in [0.29, 0.717) is 18.0 Å². The van der Waals surface area contributed by atoms with E-state index in [1.165, 1.54) is 6.07 Å². The first-order valence-electron chi connectivity index (χ1n) is 6.35. The summed E-state index contributed by atoms with van der Waals surface area (Å²) in [5, 5.41) is 0. The first-order chi connectivity index (χ1) is 9.72. The van der Waals surface area contributed by atoms with Gasteiger partial charge >= 0.3 is 0 Å². The van der Waals surface area contributed by atoms with Gasteiger partial charge in [0.25, 0.3) is 0 Å². The van der Waals surface area contributed by atoms with Crippen molar-refractivity contribution in [3.05, 3.63) is 53.9 Å². The lowest BCUT2D eigenvalue weighted by molar-refractivity contribution is 0.615. The summed E-state index contributed by atoms with van der Waals surface area (Å²) >= 11 is 5.84. The zero-order valence-corrected chi connectivity index (χ0v) is 11.7. The second-order valence-electron chi connectivity index (χ2n) is 4.57. The topological polar surface area (TPSA) is 30.7 Å². The van der Waals surface area contributed by atoms with Crippen LogP contribution in [0.15, 0.2) is 36.7 Å². The van der Waals surface area contributed by atoms with Gasteiger partial charge in [0.05, 0.1) is 17.4 Å². The average Bonchev–Trinajstić information content (AvgIpc) is 2.78. The smallest absolute Gasteiger partial charge is 0.147 e. The van der Waals surface area contributed by atoms with Gasteiger partial charge < -0.3 is 0 Å². The van der Waals surface area contributed by atoms with Gasteiger partial charge in [0.15, 0.2) is 0 Å². The summed E-state index contributed by atoms with van der Waals surface area (Å²) in [6.45, 7) is 1.88. The Hall–Kier alpha value is -1.94. The third kappa shape index (κ3) is 2.06. The molecule has 0 amide bonds. The van der Waals surface area contributed by atoms with Crippen LogP contribution in [0.4, 0.5) is 4.39 Å². The van der Waals surface area contributed by atoms with Crippen molar-refractivity contribution < 1.29 is 4.39 Å². The maximum atomic E-state index is 14.3. The molecule has 0 radical (unpaired) electrons. The number of aromatic nitrogens is 3. The van der Waals surface area contributed by atoms with E-state index in [2.05, 4.69) is 9.97 Å². The number of fused-ring (bicyclic) bond motifs is 1. The molecule has 20 heavy (non-hydrogen) atoms. The number of alkyl halides is 1. The van der Waals surface area contributed by atoms with Crippen LogP contribution in [0.1, 0.15) is 11.4 Å². The second-order valence-corrected chi connectivity index (χ2v) is 4.95. The van der Waals surface area contributed by atoms with E-state index in [1.54, 1.807) is 18.5 Å². The van der Waals surface area contributed by atoms with E-state index in [0.717, 1.165) is 22.4 Å². The van der Waals surface area contributed by atoms with Gasteiger partial charge in [-0.15, -0.1) is 11.6 Å². The molecule has 3 rings (SSSR count). The molecular formula is C15H13ClFN3. The highest BCUT2D eigenvalue weighted by Crippen LogP contribution is 2.26. The number of imidazole rings is 1. The molecule has 0 aliphatic rings. The fourth-order valence-corrected chi connectivity index (χ4v) is 2.56. The van der Waals surface area contributed by atoms with Gasteiger partial charge in [-0.05, 0) is 24.6 Å². The minimum Gasteiger partial charge on any atom is -0.293 e. The highest BCUT2D eigenvalue weighted by molar-refractivity contribution is 6.17. The summed E-state index contributed by atoms with van der Waals surface area (Å²) in [6.07, 6.45) is 3.94. The predicted molar refractivity (Wildman–Crippen MR) is 78.0 cm³/mol. The number of halogens is 2. The SMILES string of the molecule is Cc1cccc(F)c1-n1c(CCCl)nc2cnccc21. The Bertz CT molecular complexity index is 747. The molecule has 3 aromatic rings. The molecule has 0 spiro atoms. The summed E-state index contributed by atoms with van der Waals surface area (Å²) in [7, 11) is 0.